The molecule has 13 heavy (non-hydrogen) atoms. The van der Waals surface area contributed by atoms with Crippen LogP contribution in [-0.4, -0.2) is 18.6 Å². The zero-order chi connectivity index (χ0) is 10.3. The third kappa shape index (κ3) is 1.85. The van der Waals surface area contributed by atoms with Crippen LogP contribution in [0.4, 0.5) is 0 Å². The molecule has 0 aromatic heterocycles. The lowest BCUT2D eigenvalue weighted by Gasteiger charge is -2.48. The van der Waals surface area contributed by atoms with Gasteiger partial charge in [0.05, 0.1) is 7.11 Å². The summed E-state index contributed by atoms with van der Waals surface area (Å²) in [4.78, 5) is 11.2. The molecule has 0 bridgehead atoms. The molecule has 1 aliphatic carbocycles. The zero-order valence-corrected chi connectivity index (χ0v) is 8.89. The van der Waals surface area contributed by atoms with Gasteiger partial charge in [0.2, 0.25) is 0 Å². The molecule has 3 nitrogen and oxygen atoms in total. The Kier molecular flexibility index (Phi) is 2.41. The summed E-state index contributed by atoms with van der Waals surface area (Å²) < 4.78 is 4.65. The molecule has 76 valence electrons. The molecule has 0 aliphatic heterocycles. The molecule has 0 heterocycles. The van der Waals surface area contributed by atoms with E-state index >= 15 is 0 Å². The van der Waals surface area contributed by atoms with E-state index in [1.54, 1.807) is 0 Å². The minimum atomic E-state index is -0.702. The average Bonchev–Trinajstić information content (AvgIpc) is 1.95. The number of ether oxygens (including phenoxy) is 1. The van der Waals surface area contributed by atoms with Gasteiger partial charge in [0.1, 0.15) is 5.54 Å². The molecule has 1 rings (SSSR count). The number of hydrogen-bond acceptors (Lipinski definition) is 3. The highest BCUT2D eigenvalue weighted by Gasteiger charge is 2.51. The predicted molar refractivity (Wildman–Crippen MR) is 51.1 cm³/mol. The molecule has 1 saturated carbocycles. The van der Waals surface area contributed by atoms with Gasteiger partial charge in [-0.3, -0.25) is 4.79 Å². The maximum Gasteiger partial charge on any atom is 0.325 e. The fourth-order valence-corrected chi connectivity index (χ4v) is 1.80. The molecule has 1 fully saturated rings. The van der Waals surface area contributed by atoms with Crippen molar-refractivity contribution in [1.29, 1.82) is 0 Å². The van der Waals surface area contributed by atoms with E-state index in [-0.39, 0.29) is 11.4 Å². The first kappa shape index (κ1) is 10.5. The second-order valence-electron chi connectivity index (χ2n) is 5.12. The van der Waals surface area contributed by atoms with Crippen LogP contribution in [0.1, 0.15) is 33.6 Å². The highest BCUT2D eigenvalue weighted by Crippen LogP contribution is 2.46. The summed E-state index contributed by atoms with van der Waals surface area (Å²) in [5.74, 6) is 0.268. The Hall–Kier alpha value is -0.570. The van der Waals surface area contributed by atoms with Gasteiger partial charge in [0.15, 0.2) is 0 Å². The van der Waals surface area contributed by atoms with Gasteiger partial charge in [0.25, 0.3) is 0 Å². The van der Waals surface area contributed by atoms with E-state index in [4.69, 9.17) is 5.73 Å². The number of carbonyl (C=O) groups excluding carboxylic acids is 1. The summed E-state index contributed by atoms with van der Waals surface area (Å²) in [5, 5.41) is 0. The van der Waals surface area contributed by atoms with Crippen molar-refractivity contribution in [2.75, 3.05) is 7.11 Å². The number of hydrogen-bond donors (Lipinski definition) is 1. The normalized spacial score (nSPS) is 33.8. The number of methoxy groups -OCH3 is 1. The van der Waals surface area contributed by atoms with Gasteiger partial charge in [-0.1, -0.05) is 20.8 Å². The van der Waals surface area contributed by atoms with Gasteiger partial charge in [-0.2, -0.15) is 0 Å². The van der Waals surface area contributed by atoms with Gasteiger partial charge in [-0.15, -0.1) is 0 Å². The van der Waals surface area contributed by atoms with Crippen LogP contribution in [0, 0.1) is 11.3 Å². The van der Waals surface area contributed by atoms with E-state index < -0.39 is 5.54 Å². The Bertz CT molecular complexity index is 211. The van der Waals surface area contributed by atoms with Gasteiger partial charge >= 0.3 is 5.97 Å². The molecule has 0 radical (unpaired) electrons. The topological polar surface area (TPSA) is 52.3 Å². The van der Waals surface area contributed by atoms with Crippen LogP contribution in [0.3, 0.4) is 0 Å². The third-order valence-electron chi connectivity index (χ3n) is 3.04. The summed E-state index contributed by atoms with van der Waals surface area (Å²) in [6, 6.07) is 0. The minimum absolute atomic E-state index is 0.247. The molecule has 0 aromatic rings. The molecule has 0 atom stereocenters. The van der Waals surface area contributed by atoms with Gasteiger partial charge in [-0.05, 0) is 24.2 Å². The molecular weight excluding hydrogens is 166 g/mol. The van der Waals surface area contributed by atoms with Crippen molar-refractivity contribution >= 4 is 5.97 Å². The first-order valence-corrected chi connectivity index (χ1v) is 4.67. The molecule has 2 N–H and O–H groups in total. The highest BCUT2D eigenvalue weighted by atomic mass is 16.5. The highest BCUT2D eigenvalue weighted by molar-refractivity contribution is 5.81. The maximum atomic E-state index is 11.2. The third-order valence-corrected chi connectivity index (χ3v) is 3.04. The molecule has 0 unspecified atom stereocenters. The number of esters is 1. The van der Waals surface area contributed by atoms with Crippen molar-refractivity contribution in [3.05, 3.63) is 0 Å². The second kappa shape index (κ2) is 2.98. The first-order chi connectivity index (χ1) is 5.79. The fourth-order valence-electron chi connectivity index (χ4n) is 1.80. The molecule has 0 saturated heterocycles. The van der Waals surface area contributed by atoms with Gasteiger partial charge in [0, 0.05) is 0 Å². The first-order valence-electron chi connectivity index (χ1n) is 4.67. The van der Waals surface area contributed by atoms with Crippen molar-refractivity contribution in [2.45, 2.75) is 39.2 Å². The quantitative estimate of drug-likeness (QED) is 0.627. The number of rotatable bonds is 1. The van der Waals surface area contributed by atoms with Gasteiger partial charge < -0.3 is 10.5 Å². The summed E-state index contributed by atoms with van der Waals surface area (Å²) in [7, 11) is 1.39. The lowest BCUT2D eigenvalue weighted by atomic mass is 9.59. The Balaban J connectivity index is 2.53. The summed E-state index contributed by atoms with van der Waals surface area (Å²) in [6.07, 6.45) is 1.51. The van der Waals surface area contributed by atoms with Crippen molar-refractivity contribution < 1.29 is 9.53 Å². The van der Waals surface area contributed by atoms with Crippen LogP contribution >= 0.6 is 0 Å². The van der Waals surface area contributed by atoms with Crippen molar-refractivity contribution in [3.8, 4) is 0 Å². The summed E-state index contributed by atoms with van der Waals surface area (Å²) in [6.45, 7) is 6.53. The van der Waals surface area contributed by atoms with Crippen molar-refractivity contribution in [2.24, 2.45) is 17.1 Å². The monoisotopic (exact) mass is 185 g/mol. The van der Waals surface area contributed by atoms with Crippen LogP contribution in [0.15, 0.2) is 0 Å². The zero-order valence-electron chi connectivity index (χ0n) is 8.89. The van der Waals surface area contributed by atoms with Gasteiger partial charge in [-0.25, -0.2) is 0 Å². The van der Waals surface area contributed by atoms with Crippen LogP contribution in [0.25, 0.3) is 0 Å². The van der Waals surface area contributed by atoms with E-state index in [0.717, 1.165) is 12.8 Å². The Morgan fingerprint density at radius 1 is 1.46 bits per heavy atom. The second-order valence-corrected chi connectivity index (χ2v) is 5.12. The largest absolute Gasteiger partial charge is 0.468 e. The lowest BCUT2D eigenvalue weighted by Crippen LogP contribution is -2.60. The van der Waals surface area contributed by atoms with Crippen molar-refractivity contribution in [3.63, 3.8) is 0 Å². The summed E-state index contributed by atoms with van der Waals surface area (Å²) >= 11 is 0. The standard InChI is InChI=1S/C10H19NO2/c1-9(2,3)7-5-10(11,6-7)8(12)13-4/h7H,5-6,11H2,1-4H3. The molecule has 1 aliphatic rings. The number of carbonyl (C=O) groups is 1. The molecular formula is C10H19NO2. The Morgan fingerprint density at radius 2 is 1.92 bits per heavy atom. The molecule has 0 aromatic carbocycles. The lowest BCUT2D eigenvalue weighted by molar-refractivity contribution is -0.154. The maximum absolute atomic E-state index is 11.2. The van der Waals surface area contributed by atoms with E-state index in [1.807, 2.05) is 0 Å². The van der Waals surface area contributed by atoms with Crippen LogP contribution in [0.5, 0.6) is 0 Å². The SMILES string of the molecule is COC(=O)C1(N)CC(C(C)(C)C)C1. The average molecular weight is 185 g/mol. The summed E-state index contributed by atoms with van der Waals surface area (Å²) in [5.41, 5.74) is 5.41. The Labute approximate surface area is 79.6 Å². The van der Waals surface area contributed by atoms with E-state index in [0.29, 0.717) is 5.92 Å². The molecule has 0 amide bonds. The fraction of sp³-hybridized carbons (Fsp3) is 0.900. The molecule has 3 heteroatoms. The van der Waals surface area contributed by atoms with Crippen molar-refractivity contribution in [1.82, 2.24) is 0 Å². The minimum Gasteiger partial charge on any atom is -0.468 e. The van der Waals surface area contributed by atoms with E-state index in [9.17, 15) is 4.79 Å². The predicted octanol–water partition coefficient (Wildman–Crippen LogP) is 1.31. The van der Waals surface area contributed by atoms with Crippen LogP contribution in [0.2, 0.25) is 0 Å². The van der Waals surface area contributed by atoms with Crippen LogP contribution < -0.4 is 5.73 Å². The Morgan fingerprint density at radius 3 is 2.23 bits per heavy atom. The van der Waals surface area contributed by atoms with Crippen LogP contribution in [-0.2, 0) is 9.53 Å². The molecule has 0 spiro atoms. The smallest absolute Gasteiger partial charge is 0.325 e. The van der Waals surface area contributed by atoms with E-state index in [2.05, 4.69) is 25.5 Å². The van der Waals surface area contributed by atoms with E-state index in [1.165, 1.54) is 7.11 Å². The number of nitrogens with two attached hydrogens (primary N) is 1.